The highest BCUT2D eigenvalue weighted by atomic mass is 16.2. The third-order valence-electron chi connectivity index (χ3n) is 1.06. The molecule has 0 aliphatic heterocycles. The van der Waals surface area contributed by atoms with Gasteiger partial charge in [0, 0.05) is 20.2 Å². The lowest BCUT2D eigenvalue weighted by Crippen LogP contribution is -2.34. The molecule has 0 aromatic carbocycles. The maximum atomic E-state index is 10.9. The zero-order valence-electron chi connectivity index (χ0n) is 7.42. The van der Waals surface area contributed by atoms with E-state index in [-0.39, 0.29) is 5.91 Å². The Kier molecular flexibility index (Phi) is 5.47. The maximum Gasteiger partial charge on any atom is 0.257 e. The van der Waals surface area contributed by atoms with Crippen LogP contribution in [-0.4, -0.2) is 25.0 Å². The molecule has 0 rings (SSSR count). The molecule has 11 heavy (non-hydrogen) atoms. The summed E-state index contributed by atoms with van der Waals surface area (Å²) >= 11 is 0. The van der Waals surface area contributed by atoms with Crippen molar-refractivity contribution in [2.45, 2.75) is 19.8 Å². The average Bonchev–Trinajstić information content (AvgIpc) is 1.86. The molecule has 1 N–H and O–H groups in total. The van der Waals surface area contributed by atoms with E-state index in [0.29, 0.717) is 0 Å². The SMILES string of the molecule is CCCC=CC(=O)NN(C)C. The van der Waals surface area contributed by atoms with Gasteiger partial charge >= 0.3 is 0 Å². The molecule has 0 saturated carbocycles. The lowest BCUT2D eigenvalue weighted by molar-refractivity contribution is -0.120. The van der Waals surface area contributed by atoms with Crippen molar-refractivity contribution in [2.75, 3.05) is 14.1 Å². The van der Waals surface area contributed by atoms with E-state index < -0.39 is 0 Å². The number of carbonyl (C=O) groups is 1. The van der Waals surface area contributed by atoms with Gasteiger partial charge in [-0.25, -0.2) is 5.01 Å². The Bertz CT molecular complexity index is 141. The van der Waals surface area contributed by atoms with Crippen molar-refractivity contribution in [3.8, 4) is 0 Å². The molecule has 0 radical (unpaired) electrons. The second-order valence-electron chi connectivity index (χ2n) is 2.56. The number of hydrazine groups is 1. The Morgan fingerprint density at radius 1 is 1.55 bits per heavy atom. The number of hydrogen-bond donors (Lipinski definition) is 1. The number of allylic oxidation sites excluding steroid dienone is 1. The summed E-state index contributed by atoms with van der Waals surface area (Å²) in [6, 6.07) is 0. The summed E-state index contributed by atoms with van der Waals surface area (Å²) in [5, 5.41) is 1.62. The summed E-state index contributed by atoms with van der Waals surface area (Å²) in [5.74, 6) is -0.0662. The van der Waals surface area contributed by atoms with E-state index in [1.54, 1.807) is 25.2 Å². The molecule has 0 aromatic rings. The third kappa shape index (κ3) is 7.06. The number of rotatable bonds is 4. The van der Waals surface area contributed by atoms with E-state index in [0.717, 1.165) is 12.8 Å². The number of nitrogens with zero attached hydrogens (tertiary/aromatic N) is 1. The first-order valence-corrected chi connectivity index (χ1v) is 3.81. The lowest BCUT2D eigenvalue weighted by Gasteiger charge is -2.08. The molecule has 3 nitrogen and oxygen atoms in total. The molecule has 1 amide bonds. The fourth-order valence-corrected chi connectivity index (χ4v) is 0.615. The van der Waals surface area contributed by atoms with Crippen molar-refractivity contribution < 1.29 is 4.79 Å². The first-order chi connectivity index (χ1) is 5.16. The average molecular weight is 156 g/mol. The molecule has 0 unspecified atom stereocenters. The fourth-order valence-electron chi connectivity index (χ4n) is 0.615. The van der Waals surface area contributed by atoms with Gasteiger partial charge in [0.1, 0.15) is 0 Å². The van der Waals surface area contributed by atoms with Gasteiger partial charge in [-0.05, 0) is 6.42 Å². The minimum atomic E-state index is -0.0662. The quantitative estimate of drug-likeness (QED) is 0.485. The number of carbonyl (C=O) groups excluding carboxylic acids is 1. The second-order valence-corrected chi connectivity index (χ2v) is 2.56. The Morgan fingerprint density at radius 2 is 2.18 bits per heavy atom. The summed E-state index contributed by atoms with van der Waals surface area (Å²) in [6.07, 6.45) is 5.47. The van der Waals surface area contributed by atoms with Crippen molar-refractivity contribution in [2.24, 2.45) is 0 Å². The van der Waals surface area contributed by atoms with E-state index in [1.807, 2.05) is 6.08 Å². The van der Waals surface area contributed by atoms with Gasteiger partial charge in [-0.2, -0.15) is 0 Å². The molecular formula is C8H16N2O. The molecule has 0 saturated heterocycles. The van der Waals surface area contributed by atoms with E-state index >= 15 is 0 Å². The Morgan fingerprint density at radius 3 is 2.64 bits per heavy atom. The third-order valence-corrected chi connectivity index (χ3v) is 1.06. The topological polar surface area (TPSA) is 32.3 Å². The number of amides is 1. The first kappa shape index (κ1) is 10.2. The predicted molar refractivity (Wildman–Crippen MR) is 45.9 cm³/mol. The van der Waals surface area contributed by atoms with Gasteiger partial charge in [0.15, 0.2) is 0 Å². The van der Waals surface area contributed by atoms with E-state index in [9.17, 15) is 4.79 Å². The maximum absolute atomic E-state index is 10.9. The molecule has 0 aliphatic rings. The van der Waals surface area contributed by atoms with Crippen LogP contribution in [-0.2, 0) is 4.79 Å². The van der Waals surface area contributed by atoms with Gasteiger partial charge in [0.2, 0.25) is 0 Å². The van der Waals surface area contributed by atoms with Crippen LogP contribution in [0.5, 0.6) is 0 Å². The van der Waals surface area contributed by atoms with Gasteiger partial charge in [-0.1, -0.05) is 19.4 Å². The minimum absolute atomic E-state index is 0.0662. The van der Waals surface area contributed by atoms with Gasteiger partial charge in [0.05, 0.1) is 0 Å². The standard InChI is InChI=1S/C8H16N2O/c1-4-5-6-7-8(11)9-10(2)3/h6-7H,4-5H2,1-3H3,(H,9,11). The molecule has 0 aromatic heterocycles. The smallest absolute Gasteiger partial charge is 0.257 e. The van der Waals surface area contributed by atoms with Crippen molar-refractivity contribution in [1.29, 1.82) is 0 Å². The highest BCUT2D eigenvalue weighted by Crippen LogP contribution is 1.87. The van der Waals surface area contributed by atoms with Gasteiger partial charge < -0.3 is 0 Å². The van der Waals surface area contributed by atoms with Gasteiger partial charge in [-0.15, -0.1) is 0 Å². The summed E-state index contributed by atoms with van der Waals surface area (Å²) in [5.41, 5.74) is 2.61. The normalized spacial score (nSPS) is 10.9. The van der Waals surface area contributed by atoms with Gasteiger partial charge in [0.25, 0.3) is 5.91 Å². The van der Waals surface area contributed by atoms with Crippen LogP contribution in [0.25, 0.3) is 0 Å². The first-order valence-electron chi connectivity index (χ1n) is 3.81. The van der Waals surface area contributed by atoms with Crippen LogP contribution >= 0.6 is 0 Å². The molecule has 0 aliphatic carbocycles. The lowest BCUT2D eigenvalue weighted by atomic mass is 10.3. The molecule has 0 atom stereocenters. The van der Waals surface area contributed by atoms with Gasteiger partial charge in [-0.3, -0.25) is 10.2 Å². The number of unbranched alkanes of at least 4 members (excludes halogenated alkanes) is 1. The largest absolute Gasteiger partial charge is 0.286 e. The van der Waals surface area contributed by atoms with Crippen LogP contribution in [0, 0.1) is 0 Å². The Labute approximate surface area is 68.0 Å². The Balaban J connectivity index is 3.51. The van der Waals surface area contributed by atoms with Crippen LogP contribution in [0.2, 0.25) is 0 Å². The zero-order chi connectivity index (χ0) is 8.69. The second kappa shape index (κ2) is 5.92. The van der Waals surface area contributed by atoms with Crippen molar-refractivity contribution in [1.82, 2.24) is 10.4 Å². The van der Waals surface area contributed by atoms with Crippen LogP contribution in [0.4, 0.5) is 0 Å². The molecule has 64 valence electrons. The summed E-state index contributed by atoms with van der Waals surface area (Å²) in [7, 11) is 3.57. The number of hydrogen-bond acceptors (Lipinski definition) is 2. The fraction of sp³-hybridized carbons (Fsp3) is 0.625. The molecule has 0 heterocycles. The molecule has 0 spiro atoms. The minimum Gasteiger partial charge on any atom is -0.286 e. The molecular weight excluding hydrogens is 140 g/mol. The molecule has 0 fully saturated rings. The highest BCUT2D eigenvalue weighted by molar-refractivity contribution is 5.86. The molecule has 0 bridgehead atoms. The summed E-state index contributed by atoms with van der Waals surface area (Å²) in [6.45, 7) is 2.08. The van der Waals surface area contributed by atoms with Crippen molar-refractivity contribution in [3.63, 3.8) is 0 Å². The number of nitrogens with one attached hydrogen (secondary N) is 1. The Hall–Kier alpha value is -0.830. The van der Waals surface area contributed by atoms with Crippen molar-refractivity contribution >= 4 is 5.91 Å². The van der Waals surface area contributed by atoms with Crippen LogP contribution in [0.15, 0.2) is 12.2 Å². The van der Waals surface area contributed by atoms with Crippen molar-refractivity contribution in [3.05, 3.63) is 12.2 Å². The van der Waals surface area contributed by atoms with E-state index in [2.05, 4.69) is 12.3 Å². The van der Waals surface area contributed by atoms with E-state index in [1.165, 1.54) is 0 Å². The predicted octanol–water partition coefficient (Wildman–Crippen LogP) is 0.935. The van der Waals surface area contributed by atoms with Crippen LogP contribution in [0.1, 0.15) is 19.8 Å². The van der Waals surface area contributed by atoms with Crippen LogP contribution in [0.3, 0.4) is 0 Å². The summed E-state index contributed by atoms with van der Waals surface area (Å²) in [4.78, 5) is 10.9. The highest BCUT2D eigenvalue weighted by Gasteiger charge is 1.93. The van der Waals surface area contributed by atoms with E-state index in [4.69, 9.17) is 0 Å². The van der Waals surface area contributed by atoms with Crippen LogP contribution < -0.4 is 5.43 Å². The monoisotopic (exact) mass is 156 g/mol. The summed E-state index contributed by atoms with van der Waals surface area (Å²) < 4.78 is 0. The molecule has 3 heteroatoms. The zero-order valence-corrected chi connectivity index (χ0v) is 7.42.